The molecule has 2 heterocycles. The Hall–Kier alpha value is -2.64. The number of anilines is 1. The molecule has 1 amide bonds. The highest BCUT2D eigenvalue weighted by molar-refractivity contribution is 6.02. The zero-order valence-electron chi connectivity index (χ0n) is 11.1. The predicted octanol–water partition coefficient (Wildman–Crippen LogP) is 0.997. The minimum atomic E-state index is -0.998. The lowest BCUT2D eigenvalue weighted by Gasteiger charge is -2.03. The largest absolute Gasteiger partial charge is 0.480 e. The predicted molar refractivity (Wildman–Crippen MR) is 70.4 cm³/mol. The fourth-order valence-corrected chi connectivity index (χ4v) is 1.60. The van der Waals surface area contributed by atoms with Gasteiger partial charge in [-0.2, -0.15) is 10.2 Å². The molecule has 0 radical (unpaired) electrons. The second-order valence-corrected chi connectivity index (χ2v) is 4.55. The number of amides is 1. The zero-order chi connectivity index (χ0) is 14.7. The summed E-state index contributed by atoms with van der Waals surface area (Å²) in [6.07, 6.45) is 4.57. The Kier molecular flexibility index (Phi) is 3.83. The molecule has 0 bridgehead atoms. The first-order chi connectivity index (χ1) is 9.45. The molecule has 0 saturated carbocycles. The van der Waals surface area contributed by atoms with Crippen LogP contribution in [0.1, 0.15) is 30.4 Å². The highest BCUT2D eigenvalue weighted by atomic mass is 16.4. The van der Waals surface area contributed by atoms with Gasteiger partial charge in [0.1, 0.15) is 6.54 Å². The molecule has 0 fully saturated rings. The van der Waals surface area contributed by atoms with Crippen molar-refractivity contribution in [1.29, 1.82) is 0 Å². The summed E-state index contributed by atoms with van der Waals surface area (Å²) in [5.41, 5.74) is 0.722. The maximum Gasteiger partial charge on any atom is 0.325 e. The lowest BCUT2D eigenvalue weighted by Crippen LogP contribution is -2.13. The maximum atomic E-state index is 11.9. The van der Waals surface area contributed by atoms with E-state index in [0.717, 1.165) is 0 Å². The van der Waals surface area contributed by atoms with Crippen LogP contribution in [0, 0.1) is 0 Å². The number of carbonyl (C=O) groups is 2. The van der Waals surface area contributed by atoms with Crippen LogP contribution >= 0.6 is 0 Å². The van der Waals surface area contributed by atoms with Crippen LogP contribution in [0.5, 0.6) is 0 Å². The maximum absolute atomic E-state index is 11.9. The number of carboxylic acid groups (broad SMARTS) is 1. The molecule has 0 aromatic carbocycles. The highest BCUT2D eigenvalue weighted by Crippen LogP contribution is 2.09. The van der Waals surface area contributed by atoms with E-state index >= 15 is 0 Å². The topological polar surface area (TPSA) is 102 Å². The number of hydrogen-bond acceptors (Lipinski definition) is 4. The molecular formula is C12H15N5O3. The van der Waals surface area contributed by atoms with Gasteiger partial charge in [0, 0.05) is 18.4 Å². The Morgan fingerprint density at radius 1 is 1.45 bits per heavy atom. The van der Waals surface area contributed by atoms with Crippen LogP contribution < -0.4 is 5.32 Å². The molecule has 0 spiro atoms. The monoisotopic (exact) mass is 277 g/mol. The quantitative estimate of drug-likeness (QED) is 0.848. The van der Waals surface area contributed by atoms with Gasteiger partial charge in [0.25, 0.3) is 5.91 Å². The third kappa shape index (κ3) is 3.22. The molecule has 2 rings (SSSR count). The van der Waals surface area contributed by atoms with Gasteiger partial charge in [-0.25, -0.2) is 0 Å². The minimum Gasteiger partial charge on any atom is -0.480 e. The average Bonchev–Trinajstić information content (AvgIpc) is 2.97. The van der Waals surface area contributed by atoms with Gasteiger partial charge in [0.2, 0.25) is 0 Å². The molecule has 2 aromatic rings. The van der Waals surface area contributed by atoms with E-state index in [9.17, 15) is 9.59 Å². The van der Waals surface area contributed by atoms with Gasteiger partial charge < -0.3 is 10.4 Å². The lowest BCUT2D eigenvalue weighted by atomic mass is 10.4. The normalized spacial score (nSPS) is 10.8. The number of carbonyl (C=O) groups excluding carboxylic acids is 1. The standard InChI is InChI=1S/C12H15N5O3/c1-8(2)17-4-3-10(15-17)12(20)14-9-5-13-16(6-9)7-11(18)19/h3-6,8H,7H2,1-2H3,(H,14,20)(H,18,19). The van der Waals surface area contributed by atoms with Crippen LogP contribution in [0.15, 0.2) is 24.7 Å². The molecule has 0 aliphatic heterocycles. The van der Waals surface area contributed by atoms with Crippen molar-refractivity contribution in [3.63, 3.8) is 0 Å². The Morgan fingerprint density at radius 3 is 2.80 bits per heavy atom. The van der Waals surface area contributed by atoms with Crippen LogP contribution in [0.3, 0.4) is 0 Å². The minimum absolute atomic E-state index is 0.176. The fraction of sp³-hybridized carbons (Fsp3) is 0.333. The summed E-state index contributed by atoms with van der Waals surface area (Å²) in [6.45, 7) is 3.67. The summed E-state index contributed by atoms with van der Waals surface area (Å²) >= 11 is 0. The molecule has 0 aliphatic rings. The third-order valence-corrected chi connectivity index (χ3v) is 2.56. The molecule has 106 valence electrons. The molecule has 0 unspecified atom stereocenters. The van der Waals surface area contributed by atoms with Crippen molar-refractivity contribution in [1.82, 2.24) is 19.6 Å². The first-order valence-corrected chi connectivity index (χ1v) is 6.06. The van der Waals surface area contributed by atoms with Crippen molar-refractivity contribution in [3.05, 3.63) is 30.4 Å². The van der Waals surface area contributed by atoms with Crippen LogP contribution in [0.4, 0.5) is 5.69 Å². The van der Waals surface area contributed by atoms with Gasteiger partial charge >= 0.3 is 5.97 Å². The van der Waals surface area contributed by atoms with Crippen LogP contribution in [-0.4, -0.2) is 36.5 Å². The SMILES string of the molecule is CC(C)n1ccc(C(=O)Nc2cnn(CC(=O)O)c2)n1. The summed E-state index contributed by atoms with van der Waals surface area (Å²) in [7, 11) is 0. The van der Waals surface area contributed by atoms with Crippen molar-refractivity contribution < 1.29 is 14.7 Å². The van der Waals surface area contributed by atoms with Crippen molar-refractivity contribution >= 4 is 17.6 Å². The van der Waals surface area contributed by atoms with Crippen LogP contribution in [0.25, 0.3) is 0 Å². The smallest absolute Gasteiger partial charge is 0.325 e. The molecule has 2 N–H and O–H groups in total. The van der Waals surface area contributed by atoms with Crippen molar-refractivity contribution in [2.24, 2.45) is 0 Å². The van der Waals surface area contributed by atoms with E-state index in [4.69, 9.17) is 5.11 Å². The average molecular weight is 277 g/mol. The molecule has 8 heteroatoms. The number of aliphatic carboxylic acids is 1. The van der Waals surface area contributed by atoms with E-state index in [1.807, 2.05) is 13.8 Å². The van der Waals surface area contributed by atoms with E-state index in [0.29, 0.717) is 11.4 Å². The first kappa shape index (κ1) is 13.8. The molecule has 20 heavy (non-hydrogen) atoms. The van der Waals surface area contributed by atoms with E-state index in [1.165, 1.54) is 17.1 Å². The van der Waals surface area contributed by atoms with E-state index < -0.39 is 5.97 Å². The van der Waals surface area contributed by atoms with Gasteiger partial charge in [0.05, 0.1) is 11.9 Å². The van der Waals surface area contributed by atoms with Crippen molar-refractivity contribution in [2.75, 3.05) is 5.32 Å². The van der Waals surface area contributed by atoms with Gasteiger partial charge in [-0.05, 0) is 19.9 Å². The Morgan fingerprint density at radius 2 is 2.20 bits per heavy atom. The summed E-state index contributed by atoms with van der Waals surface area (Å²) in [6, 6.07) is 1.80. The molecule has 0 atom stereocenters. The lowest BCUT2D eigenvalue weighted by molar-refractivity contribution is -0.137. The molecule has 8 nitrogen and oxygen atoms in total. The number of carboxylic acids is 1. The first-order valence-electron chi connectivity index (χ1n) is 6.06. The summed E-state index contributed by atoms with van der Waals surface area (Å²) in [5.74, 6) is -1.36. The second-order valence-electron chi connectivity index (χ2n) is 4.55. The number of nitrogens with zero attached hydrogens (tertiary/aromatic N) is 4. The van der Waals surface area contributed by atoms with E-state index in [-0.39, 0.29) is 18.5 Å². The zero-order valence-corrected chi connectivity index (χ0v) is 11.1. The Bertz CT molecular complexity index is 629. The fourth-order valence-electron chi connectivity index (χ4n) is 1.60. The molecular weight excluding hydrogens is 262 g/mol. The number of hydrogen-bond donors (Lipinski definition) is 2. The van der Waals surface area contributed by atoms with Crippen molar-refractivity contribution in [2.45, 2.75) is 26.4 Å². The summed E-state index contributed by atoms with van der Waals surface area (Å²) in [5, 5.41) is 19.2. The summed E-state index contributed by atoms with van der Waals surface area (Å²) in [4.78, 5) is 22.5. The third-order valence-electron chi connectivity index (χ3n) is 2.56. The summed E-state index contributed by atoms with van der Waals surface area (Å²) < 4.78 is 2.91. The highest BCUT2D eigenvalue weighted by Gasteiger charge is 2.12. The van der Waals surface area contributed by atoms with Gasteiger partial charge in [-0.15, -0.1) is 0 Å². The number of rotatable bonds is 5. The second kappa shape index (κ2) is 5.55. The molecule has 0 saturated heterocycles. The Balaban J connectivity index is 2.03. The van der Waals surface area contributed by atoms with Gasteiger partial charge in [-0.3, -0.25) is 19.0 Å². The van der Waals surface area contributed by atoms with E-state index in [2.05, 4.69) is 15.5 Å². The van der Waals surface area contributed by atoms with Gasteiger partial charge in [0.15, 0.2) is 5.69 Å². The molecule has 0 aliphatic carbocycles. The van der Waals surface area contributed by atoms with Crippen molar-refractivity contribution in [3.8, 4) is 0 Å². The molecule has 2 aromatic heterocycles. The van der Waals surface area contributed by atoms with Crippen LogP contribution in [-0.2, 0) is 11.3 Å². The van der Waals surface area contributed by atoms with Crippen LogP contribution in [0.2, 0.25) is 0 Å². The number of nitrogens with one attached hydrogen (secondary N) is 1. The van der Waals surface area contributed by atoms with E-state index in [1.54, 1.807) is 16.9 Å². The Labute approximate surface area is 115 Å². The number of aromatic nitrogens is 4. The van der Waals surface area contributed by atoms with Gasteiger partial charge in [-0.1, -0.05) is 0 Å².